The Morgan fingerprint density at radius 1 is 0.642 bits per heavy atom. The quantitative estimate of drug-likeness (QED) is 0.162. The summed E-state index contributed by atoms with van der Waals surface area (Å²) in [7, 11) is 0. The van der Waals surface area contributed by atoms with Crippen molar-refractivity contribution in [1.29, 1.82) is 0 Å². The second kappa shape index (κ2) is 13.3. The van der Waals surface area contributed by atoms with E-state index in [1.165, 1.54) is 26.6 Å². The number of fused-ring (bicyclic) bond motifs is 8. The first-order valence-electron chi connectivity index (χ1n) is 18.1. The molecule has 264 valence electrons. The maximum absolute atomic E-state index is 6.93. The third-order valence-corrected chi connectivity index (χ3v) is 10.8. The molecule has 9 rings (SSSR count). The van der Waals surface area contributed by atoms with E-state index in [4.69, 9.17) is 14.4 Å². The molecule has 0 atom stereocenters. The van der Waals surface area contributed by atoms with E-state index in [0.29, 0.717) is 0 Å². The number of hydrogen-bond donors (Lipinski definition) is 0. The van der Waals surface area contributed by atoms with Crippen molar-refractivity contribution in [3.63, 3.8) is 0 Å². The minimum atomic E-state index is 0. The van der Waals surface area contributed by atoms with E-state index in [1.54, 1.807) is 0 Å². The Hall–Kier alpha value is -4.63. The summed E-state index contributed by atoms with van der Waals surface area (Å²) in [5.74, 6) is 0. The maximum Gasteiger partial charge on any atom is 2.00 e. The molecule has 0 saturated carbocycles. The SMILES string of the molecule is CC(C)(C)Cc1ccc2c(c1)oc1c(-c3nc(-c4cccc(-c5[c-]cccc5)n4)cc4c3sc3cc(CC(C)(C)C)ccc34)[c-]c3ccccc3c12.[Pt+2]. The summed E-state index contributed by atoms with van der Waals surface area (Å²) in [6.45, 7) is 13.7. The monoisotopic (exact) mass is 887 g/mol. The van der Waals surface area contributed by atoms with E-state index in [1.807, 2.05) is 41.7 Å². The summed E-state index contributed by atoms with van der Waals surface area (Å²) < 4.78 is 9.32. The van der Waals surface area contributed by atoms with Crippen LogP contribution in [0.4, 0.5) is 0 Å². The first-order chi connectivity index (χ1) is 25.0. The van der Waals surface area contributed by atoms with Crippen LogP contribution in [0, 0.1) is 23.0 Å². The van der Waals surface area contributed by atoms with Crippen LogP contribution in [0.15, 0.2) is 114 Å². The van der Waals surface area contributed by atoms with Crippen molar-refractivity contribution in [3.05, 3.63) is 132 Å². The van der Waals surface area contributed by atoms with Gasteiger partial charge in [0.25, 0.3) is 0 Å². The van der Waals surface area contributed by atoms with Gasteiger partial charge < -0.3 is 4.42 Å². The van der Waals surface area contributed by atoms with Gasteiger partial charge in [-0.25, -0.2) is 0 Å². The zero-order chi connectivity index (χ0) is 35.8. The van der Waals surface area contributed by atoms with Gasteiger partial charge in [-0.1, -0.05) is 107 Å². The van der Waals surface area contributed by atoms with Crippen LogP contribution < -0.4 is 0 Å². The van der Waals surface area contributed by atoms with E-state index in [-0.39, 0.29) is 31.9 Å². The van der Waals surface area contributed by atoms with E-state index >= 15 is 0 Å². The number of pyridine rings is 2. The van der Waals surface area contributed by atoms with Gasteiger partial charge in [0.05, 0.1) is 17.0 Å². The van der Waals surface area contributed by atoms with E-state index in [9.17, 15) is 0 Å². The summed E-state index contributed by atoms with van der Waals surface area (Å²) in [4.78, 5) is 10.6. The van der Waals surface area contributed by atoms with Gasteiger partial charge >= 0.3 is 21.1 Å². The van der Waals surface area contributed by atoms with Crippen molar-refractivity contribution >= 4 is 64.2 Å². The Morgan fingerprint density at radius 2 is 1.36 bits per heavy atom. The minimum absolute atomic E-state index is 0. The zero-order valence-electron chi connectivity index (χ0n) is 30.8. The molecule has 4 heterocycles. The van der Waals surface area contributed by atoms with Crippen LogP contribution in [0.25, 0.3) is 86.8 Å². The molecule has 0 aliphatic carbocycles. The smallest absolute Gasteiger partial charge is 0.491 e. The van der Waals surface area contributed by atoms with Crippen LogP contribution in [-0.2, 0) is 33.9 Å². The molecule has 0 saturated heterocycles. The van der Waals surface area contributed by atoms with E-state index < -0.39 is 0 Å². The third-order valence-electron chi connectivity index (χ3n) is 9.66. The Labute approximate surface area is 329 Å². The zero-order valence-corrected chi connectivity index (χ0v) is 33.9. The number of nitrogens with zero attached hydrogens (tertiary/aromatic N) is 2. The Balaban J connectivity index is 0.00000400. The number of aromatic nitrogens is 2. The van der Waals surface area contributed by atoms with Crippen LogP contribution in [-0.4, -0.2) is 9.97 Å². The van der Waals surface area contributed by atoms with Crippen molar-refractivity contribution in [1.82, 2.24) is 9.97 Å². The van der Waals surface area contributed by atoms with Crippen LogP contribution in [0.3, 0.4) is 0 Å². The van der Waals surface area contributed by atoms with E-state index in [2.05, 4.69) is 133 Å². The molecular formula is C48H40N2OPtS. The molecule has 3 nitrogen and oxygen atoms in total. The molecule has 53 heavy (non-hydrogen) atoms. The molecule has 0 spiro atoms. The van der Waals surface area contributed by atoms with Crippen LogP contribution in [0.1, 0.15) is 52.7 Å². The normalized spacial score (nSPS) is 12.3. The number of thiophene rings is 1. The molecule has 0 aliphatic heterocycles. The van der Waals surface area contributed by atoms with Gasteiger partial charge in [0, 0.05) is 20.5 Å². The fraction of sp³-hybridized carbons (Fsp3) is 0.208. The van der Waals surface area contributed by atoms with E-state index in [0.717, 1.165) is 84.2 Å². The van der Waals surface area contributed by atoms with Crippen LogP contribution in [0.2, 0.25) is 0 Å². The molecule has 0 fully saturated rings. The van der Waals surface area contributed by atoms with Crippen molar-refractivity contribution in [3.8, 4) is 33.9 Å². The van der Waals surface area contributed by atoms with Crippen molar-refractivity contribution < 1.29 is 25.5 Å². The van der Waals surface area contributed by atoms with Crippen molar-refractivity contribution in [2.24, 2.45) is 10.8 Å². The average molecular weight is 888 g/mol. The Bertz CT molecular complexity index is 2820. The molecule has 0 unspecified atom stereocenters. The molecule has 9 aromatic rings. The fourth-order valence-corrected chi connectivity index (χ4v) is 8.84. The summed E-state index contributed by atoms with van der Waals surface area (Å²) in [5, 5.41) is 6.79. The van der Waals surface area contributed by atoms with Gasteiger partial charge in [-0.2, -0.15) is 0 Å². The number of hydrogen-bond acceptors (Lipinski definition) is 4. The minimum Gasteiger partial charge on any atom is -0.491 e. The van der Waals surface area contributed by atoms with Crippen molar-refractivity contribution in [2.75, 3.05) is 0 Å². The number of furan rings is 1. The summed E-state index contributed by atoms with van der Waals surface area (Å²) in [6.07, 6.45) is 1.98. The van der Waals surface area contributed by atoms with Crippen LogP contribution >= 0.6 is 11.3 Å². The average Bonchev–Trinajstić information content (AvgIpc) is 3.68. The van der Waals surface area contributed by atoms with Crippen LogP contribution in [0.5, 0.6) is 0 Å². The Kier molecular flexibility index (Phi) is 8.91. The number of benzene rings is 5. The standard InChI is InChI=1S/C48H40N2OS.Pt/c1-47(2,3)27-29-20-22-35-41(23-29)51-45-37(25-32-15-10-11-16-33(32)43(35)45)44-46-36(34-21-19-30(24-42(34)52-46)28-48(4,5)6)26-40(50-44)39-18-12-17-38(49-39)31-13-8-7-9-14-31;/h7-13,15-24,26H,27-28H2,1-6H3;/q-2;+2. The molecule has 0 radical (unpaired) electrons. The first-order valence-corrected chi connectivity index (χ1v) is 18.9. The first kappa shape index (κ1) is 35.4. The topological polar surface area (TPSA) is 38.9 Å². The van der Waals surface area contributed by atoms with Gasteiger partial charge in [-0.15, -0.1) is 64.8 Å². The molecular weight excluding hydrogens is 848 g/mol. The molecule has 0 aliphatic rings. The summed E-state index contributed by atoms with van der Waals surface area (Å²) >= 11 is 1.81. The van der Waals surface area contributed by atoms with Gasteiger partial charge in [-0.05, 0) is 80.9 Å². The summed E-state index contributed by atoms with van der Waals surface area (Å²) in [5.41, 5.74) is 9.89. The third kappa shape index (κ3) is 6.73. The van der Waals surface area contributed by atoms with Gasteiger partial charge in [0.2, 0.25) is 0 Å². The Morgan fingerprint density at radius 3 is 2.11 bits per heavy atom. The fourth-order valence-electron chi connectivity index (χ4n) is 7.60. The van der Waals surface area contributed by atoms with Gasteiger partial charge in [-0.3, -0.25) is 9.97 Å². The van der Waals surface area contributed by atoms with Gasteiger partial charge in [0.1, 0.15) is 5.58 Å². The molecule has 5 aromatic carbocycles. The number of rotatable bonds is 5. The largest absolute Gasteiger partial charge is 2.00 e. The molecule has 5 heteroatoms. The predicted molar refractivity (Wildman–Crippen MR) is 220 cm³/mol. The van der Waals surface area contributed by atoms with Crippen molar-refractivity contribution in [2.45, 2.75) is 54.4 Å². The maximum atomic E-state index is 6.93. The molecule has 4 aromatic heterocycles. The molecule has 0 N–H and O–H groups in total. The summed E-state index contributed by atoms with van der Waals surface area (Å²) in [6, 6.07) is 45.7. The predicted octanol–water partition coefficient (Wildman–Crippen LogP) is 13.7. The second-order valence-electron chi connectivity index (χ2n) is 16.5. The second-order valence-corrected chi connectivity index (χ2v) is 17.6. The molecule has 0 bridgehead atoms. The molecule has 0 amide bonds. The van der Waals surface area contributed by atoms with Gasteiger partial charge in [0.15, 0.2) is 0 Å².